The summed E-state index contributed by atoms with van der Waals surface area (Å²) in [6.07, 6.45) is 5.01. The van der Waals surface area contributed by atoms with Crippen molar-refractivity contribution in [3.63, 3.8) is 0 Å². The summed E-state index contributed by atoms with van der Waals surface area (Å²) in [6, 6.07) is 0. The van der Waals surface area contributed by atoms with Crippen LogP contribution < -0.4 is 10.6 Å². The fourth-order valence-corrected chi connectivity index (χ4v) is 3.09. The molecular weight excluding hydrogens is 244 g/mol. The highest BCUT2D eigenvalue weighted by molar-refractivity contribution is 7.18. The topological polar surface area (TPSA) is 49.8 Å². The lowest BCUT2D eigenvalue weighted by atomic mass is 10.1. The molecule has 0 saturated heterocycles. The van der Waals surface area contributed by atoms with Crippen molar-refractivity contribution in [2.45, 2.75) is 13.3 Å². The van der Waals surface area contributed by atoms with Crippen molar-refractivity contribution in [3.05, 3.63) is 28.9 Å². The van der Waals surface area contributed by atoms with E-state index < -0.39 is 0 Å². The van der Waals surface area contributed by atoms with E-state index in [-0.39, 0.29) is 0 Å². The normalized spacial score (nSPS) is 15.7. The van der Waals surface area contributed by atoms with E-state index in [0.29, 0.717) is 0 Å². The fraction of sp³-hybridized carbons (Fsp3) is 0.385. The summed E-state index contributed by atoms with van der Waals surface area (Å²) >= 11 is 1.71. The van der Waals surface area contributed by atoms with Gasteiger partial charge in [-0.05, 0) is 30.8 Å². The smallest absolute Gasteiger partial charge is 0.147 e. The fourth-order valence-electron chi connectivity index (χ4n) is 2.12. The number of nitrogens with zero attached hydrogens (tertiary/aromatic N) is 2. The monoisotopic (exact) mass is 260 g/mol. The van der Waals surface area contributed by atoms with Crippen LogP contribution in [0.3, 0.4) is 0 Å². The summed E-state index contributed by atoms with van der Waals surface area (Å²) in [5.41, 5.74) is 3.74. The molecule has 0 saturated carbocycles. The summed E-state index contributed by atoms with van der Waals surface area (Å²) in [7, 11) is 0. The van der Waals surface area contributed by atoms with Crippen molar-refractivity contribution in [1.29, 1.82) is 0 Å². The largest absolute Gasteiger partial charge is 0.365 e. The van der Waals surface area contributed by atoms with Crippen LogP contribution in [0.15, 0.2) is 23.4 Å². The summed E-state index contributed by atoms with van der Waals surface area (Å²) in [6.45, 7) is 5.02. The van der Waals surface area contributed by atoms with Crippen molar-refractivity contribution in [2.75, 3.05) is 25.0 Å². The van der Waals surface area contributed by atoms with Gasteiger partial charge in [0.25, 0.3) is 0 Å². The summed E-state index contributed by atoms with van der Waals surface area (Å²) < 4.78 is 1.16. The molecule has 94 valence electrons. The zero-order valence-corrected chi connectivity index (χ0v) is 11.2. The molecule has 0 bridgehead atoms. The van der Waals surface area contributed by atoms with Gasteiger partial charge in [-0.25, -0.2) is 9.97 Å². The first-order valence-corrected chi connectivity index (χ1v) is 7.04. The first-order chi connectivity index (χ1) is 8.84. The van der Waals surface area contributed by atoms with E-state index in [1.807, 2.05) is 0 Å². The van der Waals surface area contributed by atoms with E-state index >= 15 is 0 Å². The van der Waals surface area contributed by atoms with E-state index in [1.54, 1.807) is 17.7 Å². The van der Waals surface area contributed by atoms with Gasteiger partial charge in [-0.15, -0.1) is 11.3 Å². The van der Waals surface area contributed by atoms with Crippen LogP contribution in [0, 0.1) is 6.92 Å². The second-order valence-corrected chi connectivity index (χ2v) is 5.37. The van der Waals surface area contributed by atoms with Gasteiger partial charge in [0.1, 0.15) is 12.1 Å². The molecule has 2 aromatic heterocycles. The maximum absolute atomic E-state index is 4.35. The van der Waals surface area contributed by atoms with E-state index in [4.69, 9.17) is 0 Å². The van der Waals surface area contributed by atoms with Crippen LogP contribution in [0.4, 0.5) is 5.82 Å². The van der Waals surface area contributed by atoms with Crippen LogP contribution in [0.2, 0.25) is 0 Å². The molecule has 0 unspecified atom stereocenters. The molecule has 1 aliphatic rings. The molecule has 0 radical (unpaired) electrons. The SMILES string of the molecule is Cc1csc2c(NCC3=CCNCC3)ncnc12. The Morgan fingerprint density at radius 2 is 2.39 bits per heavy atom. The number of aryl methyl sites for hydroxylation is 1. The van der Waals surface area contributed by atoms with Gasteiger partial charge in [-0.1, -0.05) is 11.6 Å². The predicted molar refractivity (Wildman–Crippen MR) is 76.2 cm³/mol. The molecular formula is C13H16N4S. The van der Waals surface area contributed by atoms with E-state index in [2.05, 4.69) is 39.0 Å². The molecule has 2 aromatic rings. The molecule has 0 spiro atoms. The second-order valence-electron chi connectivity index (χ2n) is 4.49. The third-order valence-corrected chi connectivity index (χ3v) is 4.27. The van der Waals surface area contributed by atoms with E-state index in [1.165, 1.54) is 11.1 Å². The second kappa shape index (κ2) is 5.04. The van der Waals surface area contributed by atoms with Gasteiger partial charge >= 0.3 is 0 Å². The highest BCUT2D eigenvalue weighted by atomic mass is 32.1. The first-order valence-electron chi connectivity index (χ1n) is 6.16. The molecule has 0 aliphatic carbocycles. The standard InChI is InChI=1S/C13H16N4S/c1-9-7-18-12-11(9)16-8-17-13(12)15-6-10-2-4-14-5-3-10/h2,7-8,14H,3-6H2,1H3,(H,15,16,17). The minimum absolute atomic E-state index is 0.880. The van der Waals surface area contributed by atoms with Crippen molar-refractivity contribution in [1.82, 2.24) is 15.3 Å². The number of aromatic nitrogens is 2. The van der Waals surface area contributed by atoms with Crippen LogP contribution in [0.5, 0.6) is 0 Å². The zero-order valence-electron chi connectivity index (χ0n) is 10.4. The molecule has 4 nitrogen and oxygen atoms in total. The van der Waals surface area contributed by atoms with Crippen LogP contribution in [-0.2, 0) is 0 Å². The van der Waals surface area contributed by atoms with Crippen LogP contribution in [0.25, 0.3) is 10.2 Å². The summed E-state index contributed by atoms with van der Waals surface area (Å²) in [5, 5.41) is 8.89. The highest BCUT2D eigenvalue weighted by Crippen LogP contribution is 2.28. The lowest BCUT2D eigenvalue weighted by molar-refractivity contribution is 0.698. The average molecular weight is 260 g/mol. The Bertz CT molecular complexity index is 588. The van der Waals surface area contributed by atoms with Crippen LogP contribution in [0.1, 0.15) is 12.0 Å². The average Bonchev–Trinajstić information content (AvgIpc) is 2.80. The van der Waals surface area contributed by atoms with Gasteiger partial charge in [0.2, 0.25) is 0 Å². The van der Waals surface area contributed by atoms with Crippen molar-refractivity contribution >= 4 is 27.4 Å². The number of rotatable bonds is 3. The molecule has 0 aromatic carbocycles. The number of hydrogen-bond donors (Lipinski definition) is 2. The quantitative estimate of drug-likeness (QED) is 0.832. The Morgan fingerprint density at radius 1 is 1.44 bits per heavy atom. The molecule has 18 heavy (non-hydrogen) atoms. The molecule has 1 aliphatic heterocycles. The van der Waals surface area contributed by atoms with Gasteiger partial charge in [-0.3, -0.25) is 0 Å². The molecule has 2 N–H and O–H groups in total. The molecule has 5 heteroatoms. The highest BCUT2D eigenvalue weighted by Gasteiger charge is 2.09. The van der Waals surface area contributed by atoms with Gasteiger partial charge in [0.05, 0.1) is 10.2 Å². The van der Waals surface area contributed by atoms with Crippen molar-refractivity contribution in [3.8, 4) is 0 Å². The molecule has 0 fully saturated rings. The summed E-state index contributed by atoms with van der Waals surface area (Å²) in [4.78, 5) is 8.68. The minimum atomic E-state index is 0.880. The van der Waals surface area contributed by atoms with E-state index in [9.17, 15) is 0 Å². The molecule has 3 heterocycles. The third kappa shape index (κ3) is 2.23. The Balaban J connectivity index is 1.80. The van der Waals surface area contributed by atoms with Crippen molar-refractivity contribution in [2.24, 2.45) is 0 Å². The molecule has 0 amide bonds. The maximum Gasteiger partial charge on any atom is 0.147 e. The lowest BCUT2D eigenvalue weighted by Gasteiger charge is -2.15. The number of anilines is 1. The Labute approximate surface area is 110 Å². The Morgan fingerprint density at radius 3 is 3.22 bits per heavy atom. The Kier molecular flexibility index (Phi) is 3.25. The number of fused-ring (bicyclic) bond motifs is 1. The van der Waals surface area contributed by atoms with Gasteiger partial charge in [0.15, 0.2) is 0 Å². The lowest BCUT2D eigenvalue weighted by Crippen LogP contribution is -2.23. The number of nitrogens with one attached hydrogen (secondary N) is 2. The van der Waals surface area contributed by atoms with Gasteiger partial charge < -0.3 is 10.6 Å². The Hall–Kier alpha value is -1.46. The number of hydrogen-bond acceptors (Lipinski definition) is 5. The third-order valence-electron chi connectivity index (χ3n) is 3.17. The van der Waals surface area contributed by atoms with Crippen molar-refractivity contribution < 1.29 is 0 Å². The van der Waals surface area contributed by atoms with Gasteiger partial charge in [0, 0.05) is 13.1 Å². The summed E-state index contributed by atoms with van der Waals surface area (Å²) in [5.74, 6) is 0.956. The maximum atomic E-state index is 4.35. The van der Waals surface area contributed by atoms with Crippen LogP contribution >= 0.6 is 11.3 Å². The van der Waals surface area contributed by atoms with Crippen LogP contribution in [-0.4, -0.2) is 29.6 Å². The zero-order chi connectivity index (χ0) is 12.4. The minimum Gasteiger partial charge on any atom is -0.365 e. The van der Waals surface area contributed by atoms with Gasteiger partial charge in [-0.2, -0.15) is 0 Å². The molecule has 3 rings (SSSR count). The first kappa shape index (κ1) is 11.6. The molecule has 0 atom stereocenters. The predicted octanol–water partition coefficient (Wildman–Crippen LogP) is 2.33. The number of thiophene rings is 1. The van der Waals surface area contributed by atoms with E-state index in [0.717, 1.165) is 42.1 Å².